The van der Waals surface area contributed by atoms with Gasteiger partial charge in [-0.05, 0) is 31.2 Å². The molecule has 1 aliphatic rings. The molecule has 0 N–H and O–H groups in total. The molecule has 1 aliphatic carbocycles. The van der Waals surface area contributed by atoms with Crippen LogP contribution in [0.3, 0.4) is 0 Å². The SMILES string of the molecule is CC1=C(CC(CC#N)Cc2ccccc2)C(=O)c2ccccc2C1=O. The Balaban J connectivity index is 1.89. The average molecular weight is 329 g/mol. The van der Waals surface area contributed by atoms with Crippen molar-refractivity contribution in [3.05, 3.63) is 82.4 Å². The molecule has 3 rings (SSSR count). The summed E-state index contributed by atoms with van der Waals surface area (Å²) in [7, 11) is 0. The highest BCUT2D eigenvalue weighted by atomic mass is 16.1. The molecule has 3 nitrogen and oxygen atoms in total. The maximum absolute atomic E-state index is 12.9. The molecular weight excluding hydrogens is 310 g/mol. The molecule has 0 heterocycles. The largest absolute Gasteiger partial charge is 0.289 e. The van der Waals surface area contributed by atoms with Crippen LogP contribution in [0.25, 0.3) is 0 Å². The molecule has 3 heteroatoms. The Morgan fingerprint density at radius 2 is 1.48 bits per heavy atom. The highest BCUT2D eigenvalue weighted by molar-refractivity contribution is 6.26. The second-order valence-corrected chi connectivity index (χ2v) is 6.43. The van der Waals surface area contributed by atoms with Gasteiger partial charge in [-0.15, -0.1) is 0 Å². The summed E-state index contributed by atoms with van der Waals surface area (Å²) in [6, 6.07) is 19.1. The summed E-state index contributed by atoms with van der Waals surface area (Å²) in [4.78, 5) is 25.5. The Labute approximate surface area is 147 Å². The number of benzene rings is 2. The van der Waals surface area contributed by atoms with Gasteiger partial charge >= 0.3 is 0 Å². The Morgan fingerprint density at radius 1 is 0.880 bits per heavy atom. The summed E-state index contributed by atoms with van der Waals surface area (Å²) in [5, 5.41) is 9.17. The van der Waals surface area contributed by atoms with Crippen molar-refractivity contribution < 1.29 is 9.59 Å². The van der Waals surface area contributed by atoms with E-state index >= 15 is 0 Å². The highest BCUT2D eigenvalue weighted by Gasteiger charge is 2.30. The first-order valence-electron chi connectivity index (χ1n) is 8.41. The Morgan fingerprint density at radius 3 is 2.12 bits per heavy atom. The molecule has 0 aliphatic heterocycles. The predicted octanol–water partition coefficient (Wildman–Crippen LogP) is 4.54. The third-order valence-corrected chi connectivity index (χ3v) is 4.72. The molecule has 0 saturated carbocycles. The van der Waals surface area contributed by atoms with Crippen molar-refractivity contribution in [2.24, 2.45) is 5.92 Å². The van der Waals surface area contributed by atoms with Gasteiger partial charge in [-0.25, -0.2) is 0 Å². The normalized spacial score (nSPS) is 14.9. The van der Waals surface area contributed by atoms with Crippen LogP contribution >= 0.6 is 0 Å². The maximum Gasteiger partial charge on any atom is 0.190 e. The lowest BCUT2D eigenvalue weighted by Gasteiger charge is -2.22. The summed E-state index contributed by atoms with van der Waals surface area (Å²) in [5.41, 5.74) is 3.16. The zero-order chi connectivity index (χ0) is 17.8. The minimum absolute atomic E-state index is 0.0133. The lowest BCUT2D eigenvalue weighted by molar-refractivity contribution is 0.0969. The van der Waals surface area contributed by atoms with Gasteiger partial charge in [0, 0.05) is 28.7 Å². The number of Topliss-reactive ketones (excluding diaryl/α,β-unsaturated/α-hetero) is 2. The molecule has 1 atom stereocenters. The molecule has 2 aromatic rings. The summed E-state index contributed by atoms with van der Waals surface area (Å²) in [6.07, 6.45) is 1.52. The molecular formula is C22H19NO2. The van der Waals surface area contributed by atoms with E-state index in [0.29, 0.717) is 41.5 Å². The summed E-state index contributed by atoms with van der Waals surface area (Å²) >= 11 is 0. The van der Waals surface area contributed by atoms with Crippen LogP contribution in [0, 0.1) is 17.2 Å². The van der Waals surface area contributed by atoms with Crippen LogP contribution in [0.2, 0.25) is 0 Å². The van der Waals surface area contributed by atoms with E-state index in [2.05, 4.69) is 6.07 Å². The van der Waals surface area contributed by atoms with Crippen molar-refractivity contribution in [2.75, 3.05) is 0 Å². The molecule has 1 unspecified atom stereocenters. The summed E-state index contributed by atoms with van der Waals surface area (Å²) < 4.78 is 0. The van der Waals surface area contributed by atoms with E-state index in [0.717, 1.165) is 5.56 Å². The maximum atomic E-state index is 12.9. The van der Waals surface area contributed by atoms with Crippen LogP contribution < -0.4 is 0 Å². The van der Waals surface area contributed by atoms with Gasteiger partial charge in [0.2, 0.25) is 0 Å². The van der Waals surface area contributed by atoms with Crippen LogP contribution in [0.15, 0.2) is 65.7 Å². The second-order valence-electron chi connectivity index (χ2n) is 6.43. The molecule has 0 spiro atoms. The zero-order valence-electron chi connectivity index (χ0n) is 14.2. The topological polar surface area (TPSA) is 57.9 Å². The average Bonchev–Trinajstić information content (AvgIpc) is 2.64. The minimum atomic E-state index is -0.0828. The summed E-state index contributed by atoms with van der Waals surface area (Å²) in [6.45, 7) is 1.72. The van der Waals surface area contributed by atoms with Gasteiger partial charge in [0.25, 0.3) is 0 Å². The Bertz CT molecular complexity index is 888. The lowest BCUT2D eigenvalue weighted by atomic mass is 9.79. The van der Waals surface area contributed by atoms with Crippen molar-refractivity contribution in [3.63, 3.8) is 0 Å². The van der Waals surface area contributed by atoms with Gasteiger partial charge in [-0.1, -0.05) is 54.6 Å². The van der Waals surface area contributed by atoms with Gasteiger partial charge in [0.05, 0.1) is 6.07 Å². The molecule has 0 amide bonds. The first kappa shape index (κ1) is 16.9. The molecule has 0 fully saturated rings. The fourth-order valence-electron chi connectivity index (χ4n) is 3.38. The third-order valence-electron chi connectivity index (χ3n) is 4.72. The van der Waals surface area contributed by atoms with E-state index in [1.54, 1.807) is 31.2 Å². The second kappa shape index (κ2) is 7.27. The van der Waals surface area contributed by atoms with E-state index in [1.165, 1.54) is 0 Å². The number of hydrogen-bond donors (Lipinski definition) is 0. The quantitative estimate of drug-likeness (QED) is 0.809. The van der Waals surface area contributed by atoms with E-state index in [-0.39, 0.29) is 17.5 Å². The van der Waals surface area contributed by atoms with Gasteiger partial charge < -0.3 is 0 Å². The van der Waals surface area contributed by atoms with E-state index in [9.17, 15) is 9.59 Å². The number of nitriles is 1. The standard InChI is InChI=1S/C22H19NO2/c1-15-20(22(25)19-10-6-5-9-18(19)21(15)24)14-17(11-12-23)13-16-7-3-2-4-8-16/h2-10,17H,11,13-14H2,1H3. The number of hydrogen-bond acceptors (Lipinski definition) is 3. The smallest absolute Gasteiger partial charge is 0.190 e. The van der Waals surface area contributed by atoms with Gasteiger partial charge in [0.15, 0.2) is 11.6 Å². The molecule has 2 aromatic carbocycles. The van der Waals surface area contributed by atoms with Gasteiger partial charge in [-0.2, -0.15) is 5.26 Å². The molecule has 25 heavy (non-hydrogen) atoms. The van der Waals surface area contributed by atoms with Crippen LogP contribution in [0.5, 0.6) is 0 Å². The van der Waals surface area contributed by atoms with E-state index in [1.807, 2.05) is 30.3 Å². The lowest BCUT2D eigenvalue weighted by Crippen LogP contribution is -2.23. The van der Waals surface area contributed by atoms with Crippen molar-refractivity contribution in [2.45, 2.75) is 26.2 Å². The van der Waals surface area contributed by atoms with Crippen LogP contribution in [0.4, 0.5) is 0 Å². The number of ketones is 2. The first-order chi connectivity index (χ1) is 12.1. The third kappa shape index (κ3) is 3.44. The van der Waals surface area contributed by atoms with Gasteiger partial charge in [-0.3, -0.25) is 9.59 Å². The molecule has 124 valence electrons. The zero-order valence-corrected chi connectivity index (χ0v) is 14.2. The van der Waals surface area contributed by atoms with Crippen LogP contribution in [-0.4, -0.2) is 11.6 Å². The molecule has 0 aromatic heterocycles. The number of fused-ring (bicyclic) bond motifs is 1. The number of rotatable bonds is 5. The van der Waals surface area contributed by atoms with E-state index < -0.39 is 0 Å². The minimum Gasteiger partial charge on any atom is -0.289 e. The highest BCUT2D eigenvalue weighted by Crippen LogP contribution is 2.31. The molecule has 0 bridgehead atoms. The number of carbonyl (C=O) groups excluding carboxylic acids is 2. The fraction of sp³-hybridized carbons (Fsp3) is 0.227. The molecule has 0 saturated heterocycles. The first-order valence-corrected chi connectivity index (χ1v) is 8.41. The van der Waals surface area contributed by atoms with Crippen molar-refractivity contribution in [1.82, 2.24) is 0 Å². The number of carbonyl (C=O) groups is 2. The van der Waals surface area contributed by atoms with Crippen LogP contribution in [0.1, 0.15) is 46.0 Å². The molecule has 0 radical (unpaired) electrons. The number of allylic oxidation sites excluding steroid dienone is 2. The van der Waals surface area contributed by atoms with Crippen molar-refractivity contribution in [1.29, 1.82) is 5.26 Å². The number of nitrogens with zero attached hydrogens (tertiary/aromatic N) is 1. The Hall–Kier alpha value is -2.99. The predicted molar refractivity (Wildman–Crippen MR) is 96.3 cm³/mol. The summed E-state index contributed by atoms with van der Waals surface area (Å²) in [5.74, 6) is -0.149. The van der Waals surface area contributed by atoms with Gasteiger partial charge in [0.1, 0.15) is 0 Å². The monoisotopic (exact) mass is 329 g/mol. The Kier molecular flexibility index (Phi) is 4.90. The van der Waals surface area contributed by atoms with Crippen molar-refractivity contribution >= 4 is 11.6 Å². The fourth-order valence-corrected chi connectivity index (χ4v) is 3.38. The van der Waals surface area contributed by atoms with Crippen LogP contribution in [-0.2, 0) is 6.42 Å². The van der Waals surface area contributed by atoms with Crippen molar-refractivity contribution in [3.8, 4) is 6.07 Å². The van der Waals surface area contributed by atoms with E-state index in [4.69, 9.17) is 5.26 Å².